The molecule has 0 amide bonds. The minimum absolute atomic E-state index is 0.588. The Balaban J connectivity index is 2.40. The number of aromatic nitrogens is 1. The lowest BCUT2D eigenvalue weighted by atomic mass is 10.2. The van der Waals surface area contributed by atoms with Crippen LogP contribution in [0.3, 0.4) is 0 Å². The lowest BCUT2D eigenvalue weighted by Gasteiger charge is -2.12. The van der Waals surface area contributed by atoms with Crippen molar-refractivity contribution in [1.82, 2.24) is 4.98 Å². The van der Waals surface area contributed by atoms with Crippen molar-refractivity contribution in [2.75, 3.05) is 5.73 Å². The number of halogens is 1. The van der Waals surface area contributed by atoms with E-state index in [-0.39, 0.29) is 0 Å². The fourth-order valence-electron chi connectivity index (χ4n) is 1.57. The summed E-state index contributed by atoms with van der Waals surface area (Å²) in [7, 11) is 0. The molecule has 1 heterocycles. The second kappa shape index (κ2) is 4.75. The van der Waals surface area contributed by atoms with Crippen LogP contribution >= 0.6 is 15.9 Å². The van der Waals surface area contributed by atoms with E-state index < -0.39 is 0 Å². The molecule has 0 unspecified atom stereocenters. The maximum atomic E-state index is 5.94. The largest absolute Gasteiger partial charge is 0.436 e. The Labute approximate surface area is 109 Å². The van der Waals surface area contributed by atoms with Gasteiger partial charge in [-0.2, -0.15) is 0 Å². The number of pyridine rings is 1. The predicted molar refractivity (Wildman–Crippen MR) is 72.3 cm³/mol. The molecule has 0 bridgehead atoms. The summed E-state index contributed by atoms with van der Waals surface area (Å²) in [5, 5.41) is 0. The molecule has 1 aromatic carbocycles. The van der Waals surface area contributed by atoms with Crippen LogP contribution in [0.25, 0.3) is 0 Å². The fraction of sp³-hybridized carbons (Fsp3) is 0.154. The van der Waals surface area contributed by atoms with E-state index in [1.165, 1.54) is 0 Å². The Morgan fingerprint density at radius 1 is 1.24 bits per heavy atom. The summed E-state index contributed by atoms with van der Waals surface area (Å²) in [5.41, 5.74) is 8.49. The van der Waals surface area contributed by atoms with E-state index in [9.17, 15) is 0 Å². The predicted octanol–water partition coefficient (Wildman–Crippen LogP) is 3.84. The van der Waals surface area contributed by atoms with Gasteiger partial charge >= 0.3 is 0 Å². The molecular formula is C13H13BrN2O. The van der Waals surface area contributed by atoms with E-state index >= 15 is 0 Å². The molecule has 0 spiro atoms. The van der Waals surface area contributed by atoms with Crippen LogP contribution in [0.1, 0.15) is 11.1 Å². The molecular weight excluding hydrogens is 280 g/mol. The number of hydrogen-bond donors (Lipinski definition) is 1. The Hall–Kier alpha value is -1.55. The van der Waals surface area contributed by atoms with Gasteiger partial charge in [0.2, 0.25) is 5.88 Å². The number of nitrogen functional groups attached to an aromatic ring is 1. The molecule has 2 N–H and O–H groups in total. The minimum atomic E-state index is 0.588. The van der Waals surface area contributed by atoms with Crippen molar-refractivity contribution < 1.29 is 4.74 Å². The zero-order valence-corrected chi connectivity index (χ0v) is 11.3. The Kier molecular flexibility index (Phi) is 3.33. The summed E-state index contributed by atoms with van der Waals surface area (Å²) < 4.78 is 6.71. The maximum Gasteiger partial charge on any atom is 0.222 e. The Morgan fingerprint density at radius 3 is 2.65 bits per heavy atom. The molecule has 0 fully saturated rings. The van der Waals surface area contributed by atoms with Gasteiger partial charge in [-0.25, -0.2) is 4.98 Å². The molecule has 4 heteroatoms. The lowest BCUT2D eigenvalue weighted by Crippen LogP contribution is -1.97. The zero-order valence-electron chi connectivity index (χ0n) is 9.70. The number of benzene rings is 1. The summed E-state index contributed by atoms with van der Waals surface area (Å²) in [6.07, 6.45) is 1.70. The van der Waals surface area contributed by atoms with E-state index in [1.807, 2.05) is 38.1 Å². The van der Waals surface area contributed by atoms with Crippen LogP contribution in [0.15, 0.2) is 34.9 Å². The van der Waals surface area contributed by atoms with Gasteiger partial charge in [-0.05, 0) is 37.6 Å². The van der Waals surface area contributed by atoms with Gasteiger partial charge in [-0.1, -0.05) is 22.0 Å². The van der Waals surface area contributed by atoms with E-state index in [1.54, 1.807) is 6.20 Å². The summed E-state index contributed by atoms with van der Waals surface area (Å²) in [4.78, 5) is 4.19. The van der Waals surface area contributed by atoms with Crippen molar-refractivity contribution >= 4 is 21.6 Å². The van der Waals surface area contributed by atoms with Crippen molar-refractivity contribution in [2.24, 2.45) is 0 Å². The van der Waals surface area contributed by atoms with Gasteiger partial charge in [-0.3, -0.25) is 0 Å². The van der Waals surface area contributed by atoms with Crippen LogP contribution in [-0.4, -0.2) is 4.98 Å². The SMILES string of the molecule is Cc1cccnc1Oc1c(C)cc(Br)cc1N. The third-order valence-corrected chi connectivity index (χ3v) is 2.89. The molecule has 0 aliphatic carbocycles. The fourth-order valence-corrected chi connectivity index (χ4v) is 2.16. The van der Waals surface area contributed by atoms with Crippen molar-refractivity contribution in [3.8, 4) is 11.6 Å². The second-order valence-corrected chi connectivity index (χ2v) is 4.78. The van der Waals surface area contributed by atoms with Crippen LogP contribution in [0.2, 0.25) is 0 Å². The van der Waals surface area contributed by atoms with Crippen LogP contribution in [0.4, 0.5) is 5.69 Å². The minimum Gasteiger partial charge on any atom is -0.436 e. The molecule has 0 aliphatic heterocycles. The van der Waals surface area contributed by atoms with Crippen molar-refractivity contribution in [3.05, 3.63) is 46.1 Å². The van der Waals surface area contributed by atoms with E-state index in [4.69, 9.17) is 10.5 Å². The first-order valence-electron chi connectivity index (χ1n) is 5.23. The van der Waals surface area contributed by atoms with Gasteiger partial charge in [0.15, 0.2) is 5.75 Å². The number of ether oxygens (including phenoxy) is 1. The van der Waals surface area contributed by atoms with Crippen LogP contribution < -0.4 is 10.5 Å². The van der Waals surface area contributed by atoms with Crippen LogP contribution in [0, 0.1) is 13.8 Å². The first kappa shape index (κ1) is 11.9. The third-order valence-electron chi connectivity index (χ3n) is 2.43. The van der Waals surface area contributed by atoms with E-state index in [0.717, 1.165) is 15.6 Å². The molecule has 0 saturated carbocycles. The first-order valence-corrected chi connectivity index (χ1v) is 6.02. The van der Waals surface area contributed by atoms with Gasteiger partial charge in [0.1, 0.15) is 0 Å². The highest BCUT2D eigenvalue weighted by Gasteiger charge is 2.09. The molecule has 0 saturated heterocycles. The number of nitrogens with two attached hydrogens (primary N) is 1. The van der Waals surface area contributed by atoms with Gasteiger partial charge < -0.3 is 10.5 Å². The van der Waals surface area contributed by atoms with Gasteiger partial charge in [0, 0.05) is 16.2 Å². The third kappa shape index (κ3) is 2.58. The highest BCUT2D eigenvalue weighted by Crippen LogP contribution is 2.33. The zero-order chi connectivity index (χ0) is 12.4. The summed E-state index contributed by atoms with van der Waals surface area (Å²) in [6.45, 7) is 3.90. The van der Waals surface area contributed by atoms with Crippen LogP contribution in [0.5, 0.6) is 11.6 Å². The number of rotatable bonds is 2. The highest BCUT2D eigenvalue weighted by atomic mass is 79.9. The molecule has 17 heavy (non-hydrogen) atoms. The van der Waals surface area contributed by atoms with Crippen molar-refractivity contribution in [3.63, 3.8) is 0 Å². The Bertz CT molecular complexity index is 532. The molecule has 0 atom stereocenters. The normalized spacial score (nSPS) is 10.3. The summed E-state index contributed by atoms with van der Waals surface area (Å²) >= 11 is 3.40. The summed E-state index contributed by atoms with van der Waals surface area (Å²) in [5.74, 6) is 1.25. The smallest absolute Gasteiger partial charge is 0.222 e. The van der Waals surface area contributed by atoms with Crippen LogP contribution in [-0.2, 0) is 0 Å². The van der Waals surface area contributed by atoms with Gasteiger partial charge in [-0.15, -0.1) is 0 Å². The number of aryl methyl sites for hydroxylation is 2. The molecule has 3 nitrogen and oxygen atoms in total. The molecule has 0 radical (unpaired) electrons. The van der Waals surface area contributed by atoms with E-state index in [0.29, 0.717) is 17.3 Å². The number of hydrogen-bond acceptors (Lipinski definition) is 3. The quantitative estimate of drug-likeness (QED) is 0.856. The molecule has 2 aromatic rings. The van der Waals surface area contributed by atoms with Gasteiger partial charge in [0.05, 0.1) is 5.69 Å². The van der Waals surface area contributed by atoms with Crippen molar-refractivity contribution in [2.45, 2.75) is 13.8 Å². The highest BCUT2D eigenvalue weighted by molar-refractivity contribution is 9.10. The second-order valence-electron chi connectivity index (χ2n) is 3.87. The number of nitrogens with zero attached hydrogens (tertiary/aromatic N) is 1. The molecule has 0 aliphatic rings. The standard InChI is InChI=1S/C13H13BrN2O/c1-8-4-3-5-16-13(8)17-12-9(2)6-10(14)7-11(12)15/h3-7H,15H2,1-2H3. The molecule has 1 aromatic heterocycles. The average molecular weight is 293 g/mol. The maximum absolute atomic E-state index is 5.94. The molecule has 2 rings (SSSR count). The van der Waals surface area contributed by atoms with Crippen molar-refractivity contribution in [1.29, 1.82) is 0 Å². The summed E-state index contributed by atoms with van der Waals surface area (Å²) in [6, 6.07) is 7.61. The Morgan fingerprint density at radius 2 is 2.00 bits per heavy atom. The van der Waals surface area contributed by atoms with E-state index in [2.05, 4.69) is 20.9 Å². The average Bonchev–Trinajstić information content (AvgIpc) is 2.25. The molecule has 88 valence electrons. The van der Waals surface area contributed by atoms with Gasteiger partial charge in [0.25, 0.3) is 0 Å². The lowest BCUT2D eigenvalue weighted by molar-refractivity contribution is 0.458. The monoisotopic (exact) mass is 292 g/mol. The first-order chi connectivity index (χ1) is 8.08. The number of anilines is 1. The topological polar surface area (TPSA) is 48.1 Å².